The highest BCUT2D eigenvalue weighted by Gasteiger charge is 2.23. The highest BCUT2D eigenvalue weighted by molar-refractivity contribution is 7.99. The molecule has 0 unspecified atom stereocenters. The number of benzene rings is 1. The Labute approximate surface area is 133 Å². The molecule has 1 saturated carbocycles. The molecule has 3 nitrogen and oxygen atoms in total. The third-order valence-electron chi connectivity index (χ3n) is 3.62. The Bertz CT molecular complexity index is 485. The summed E-state index contributed by atoms with van der Waals surface area (Å²) in [5.41, 5.74) is 0. The van der Waals surface area contributed by atoms with Crippen LogP contribution >= 0.6 is 11.8 Å². The quantitative estimate of drug-likeness (QED) is 0.868. The minimum Gasteiger partial charge on any atom is -0.490 e. The van der Waals surface area contributed by atoms with Gasteiger partial charge in [0.2, 0.25) is 5.91 Å². The first kappa shape index (κ1) is 17.1. The van der Waals surface area contributed by atoms with Gasteiger partial charge in [0.1, 0.15) is 17.4 Å². The Morgan fingerprint density at radius 1 is 1.23 bits per heavy atom. The monoisotopic (exact) mass is 329 g/mol. The lowest BCUT2D eigenvalue weighted by molar-refractivity contribution is -0.119. The molecule has 22 heavy (non-hydrogen) atoms. The first-order valence-corrected chi connectivity index (χ1v) is 8.72. The zero-order valence-electron chi connectivity index (χ0n) is 12.6. The summed E-state index contributed by atoms with van der Waals surface area (Å²) in [4.78, 5) is 11.7. The van der Waals surface area contributed by atoms with Crippen molar-refractivity contribution in [1.82, 2.24) is 5.32 Å². The van der Waals surface area contributed by atoms with Crippen LogP contribution in [0.4, 0.5) is 8.78 Å². The maximum Gasteiger partial charge on any atom is 0.230 e. The predicted octanol–water partition coefficient (Wildman–Crippen LogP) is 3.52. The summed E-state index contributed by atoms with van der Waals surface area (Å²) in [5, 5.41) is 3.02. The first-order valence-electron chi connectivity index (χ1n) is 7.56. The number of rotatable bonds is 6. The Hall–Kier alpha value is -1.30. The van der Waals surface area contributed by atoms with Crippen molar-refractivity contribution in [2.24, 2.45) is 0 Å². The Balaban J connectivity index is 1.76. The number of hydrogen-bond acceptors (Lipinski definition) is 3. The normalized spacial score (nSPS) is 21.4. The van der Waals surface area contributed by atoms with Gasteiger partial charge in [0.15, 0.2) is 0 Å². The highest BCUT2D eigenvalue weighted by atomic mass is 32.2. The summed E-state index contributed by atoms with van der Waals surface area (Å²) in [5.74, 6) is 0.453. The van der Waals surface area contributed by atoms with E-state index in [2.05, 4.69) is 5.32 Å². The molecule has 1 aliphatic carbocycles. The van der Waals surface area contributed by atoms with Gasteiger partial charge in [-0.2, -0.15) is 11.8 Å². The fraction of sp³-hybridized carbons (Fsp3) is 0.562. The van der Waals surface area contributed by atoms with Crippen LogP contribution in [0.1, 0.15) is 32.6 Å². The molecule has 1 N–H and O–H groups in total. The third-order valence-corrected chi connectivity index (χ3v) is 4.49. The van der Waals surface area contributed by atoms with Crippen molar-refractivity contribution in [2.45, 2.75) is 44.8 Å². The van der Waals surface area contributed by atoms with Crippen molar-refractivity contribution in [3.8, 4) is 5.75 Å². The minimum absolute atomic E-state index is 0.0561. The van der Waals surface area contributed by atoms with Crippen LogP contribution in [0.2, 0.25) is 0 Å². The van der Waals surface area contributed by atoms with Crippen molar-refractivity contribution >= 4 is 17.7 Å². The molecular formula is C16H21F2NO2S. The summed E-state index contributed by atoms with van der Waals surface area (Å²) in [6.45, 7) is 2.02. The topological polar surface area (TPSA) is 38.3 Å². The number of ether oxygens (including phenoxy) is 1. The summed E-state index contributed by atoms with van der Waals surface area (Å²) in [7, 11) is 0. The molecule has 0 bridgehead atoms. The zero-order valence-corrected chi connectivity index (χ0v) is 13.4. The van der Waals surface area contributed by atoms with Gasteiger partial charge in [-0.15, -0.1) is 0 Å². The molecule has 2 rings (SSSR count). The average molecular weight is 329 g/mol. The van der Waals surface area contributed by atoms with Gasteiger partial charge in [-0.05, 0) is 31.4 Å². The van der Waals surface area contributed by atoms with E-state index in [0.29, 0.717) is 5.75 Å². The first-order chi connectivity index (χ1) is 10.6. The van der Waals surface area contributed by atoms with E-state index in [1.54, 1.807) is 11.8 Å². The number of carbonyl (C=O) groups is 1. The summed E-state index contributed by atoms with van der Waals surface area (Å²) < 4.78 is 31.9. The molecule has 1 amide bonds. The van der Waals surface area contributed by atoms with Crippen LogP contribution in [-0.4, -0.2) is 29.6 Å². The third kappa shape index (κ3) is 5.48. The lowest BCUT2D eigenvalue weighted by Crippen LogP contribution is -2.40. The molecule has 0 spiro atoms. The maximum atomic E-state index is 13.1. The van der Waals surface area contributed by atoms with Crippen LogP contribution in [0, 0.1) is 11.6 Å². The van der Waals surface area contributed by atoms with E-state index in [1.165, 1.54) is 12.1 Å². The van der Waals surface area contributed by atoms with Gasteiger partial charge in [0.05, 0.1) is 11.9 Å². The molecule has 1 aromatic carbocycles. The van der Waals surface area contributed by atoms with Crippen molar-refractivity contribution in [3.05, 3.63) is 29.8 Å². The van der Waals surface area contributed by atoms with Gasteiger partial charge < -0.3 is 10.1 Å². The van der Waals surface area contributed by atoms with E-state index in [-0.39, 0.29) is 23.8 Å². The second-order valence-corrected chi connectivity index (χ2v) is 6.68. The van der Waals surface area contributed by atoms with Crippen LogP contribution < -0.4 is 10.1 Å². The Morgan fingerprint density at radius 3 is 2.45 bits per heavy atom. The number of amides is 1. The van der Waals surface area contributed by atoms with E-state index < -0.39 is 11.6 Å². The molecule has 1 fully saturated rings. The zero-order chi connectivity index (χ0) is 15.9. The standard InChI is InChI=1S/C16H21F2NO2S/c1-2-22-10-16(20)19-13-3-5-14(6-4-13)21-15-8-11(17)7-12(18)9-15/h7-9,13-14H,2-6,10H2,1H3,(H,19,20). The SMILES string of the molecule is CCSCC(=O)NC1CCC(Oc2cc(F)cc(F)c2)CC1. The minimum atomic E-state index is -0.635. The number of halogens is 2. The van der Waals surface area contributed by atoms with Crippen molar-refractivity contribution < 1.29 is 18.3 Å². The van der Waals surface area contributed by atoms with E-state index in [1.807, 2.05) is 6.92 Å². The van der Waals surface area contributed by atoms with Crippen LogP contribution in [-0.2, 0) is 4.79 Å². The molecule has 0 atom stereocenters. The maximum absolute atomic E-state index is 13.1. The predicted molar refractivity (Wildman–Crippen MR) is 84.2 cm³/mol. The number of carbonyl (C=O) groups excluding carboxylic acids is 1. The van der Waals surface area contributed by atoms with Crippen LogP contribution in [0.25, 0.3) is 0 Å². The molecule has 122 valence electrons. The van der Waals surface area contributed by atoms with Crippen LogP contribution in [0.5, 0.6) is 5.75 Å². The lowest BCUT2D eigenvalue weighted by Gasteiger charge is -2.29. The molecule has 1 aliphatic rings. The van der Waals surface area contributed by atoms with Gasteiger partial charge in [0, 0.05) is 24.2 Å². The van der Waals surface area contributed by atoms with Crippen LogP contribution in [0.15, 0.2) is 18.2 Å². The van der Waals surface area contributed by atoms with Gasteiger partial charge in [-0.25, -0.2) is 8.78 Å². The second kappa shape index (κ2) is 8.36. The van der Waals surface area contributed by atoms with Gasteiger partial charge in [-0.1, -0.05) is 6.92 Å². The van der Waals surface area contributed by atoms with E-state index in [9.17, 15) is 13.6 Å². The lowest BCUT2D eigenvalue weighted by atomic mass is 9.93. The van der Waals surface area contributed by atoms with Crippen LogP contribution in [0.3, 0.4) is 0 Å². The molecule has 0 heterocycles. The summed E-state index contributed by atoms with van der Waals surface area (Å²) >= 11 is 1.60. The number of thioether (sulfide) groups is 1. The average Bonchev–Trinajstić information content (AvgIpc) is 2.46. The largest absolute Gasteiger partial charge is 0.490 e. The molecule has 1 aromatic rings. The van der Waals surface area contributed by atoms with Crippen molar-refractivity contribution in [2.75, 3.05) is 11.5 Å². The van der Waals surface area contributed by atoms with Crippen molar-refractivity contribution in [1.29, 1.82) is 0 Å². The summed E-state index contributed by atoms with van der Waals surface area (Å²) in [6, 6.07) is 3.39. The van der Waals surface area contributed by atoms with Gasteiger partial charge >= 0.3 is 0 Å². The summed E-state index contributed by atoms with van der Waals surface area (Å²) in [6.07, 6.45) is 3.13. The van der Waals surface area contributed by atoms with Gasteiger partial charge in [0.25, 0.3) is 0 Å². The molecule has 0 radical (unpaired) electrons. The van der Waals surface area contributed by atoms with E-state index in [0.717, 1.165) is 37.5 Å². The number of nitrogens with one attached hydrogen (secondary N) is 1. The molecular weight excluding hydrogens is 308 g/mol. The Kier molecular flexibility index (Phi) is 6.49. The molecule has 0 aliphatic heterocycles. The highest BCUT2D eigenvalue weighted by Crippen LogP contribution is 2.25. The van der Waals surface area contributed by atoms with Gasteiger partial charge in [-0.3, -0.25) is 4.79 Å². The molecule has 0 aromatic heterocycles. The van der Waals surface area contributed by atoms with E-state index >= 15 is 0 Å². The van der Waals surface area contributed by atoms with Crippen molar-refractivity contribution in [3.63, 3.8) is 0 Å². The molecule has 6 heteroatoms. The number of hydrogen-bond donors (Lipinski definition) is 1. The second-order valence-electron chi connectivity index (χ2n) is 5.40. The Morgan fingerprint density at radius 2 is 1.86 bits per heavy atom. The molecule has 0 saturated heterocycles. The fourth-order valence-electron chi connectivity index (χ4n) is 2.58. The smallest absolute Gasteiger partial charge is 0.230 e. The van der Waals surface area contributed by atoms with E-state index in [4.69, 9.17) is 4.74 Å². The fourth-order valence-corrected chi connectivity index (χ4v) is 3.05.